The molecule has 8 nitrogen and oxygen atoms in total. The second kappa shape index (κ2) is 10.4. The van der Waals surface area contributed by atoms with Gasteiger partial charge in [0, 0.05) is 30.1 Å². The predicted molar refractivity (Wildman–Crippen MR) is 142 cm³/mol. The first-order chi connectivity index (χ1) is 17.7. The Hall–Kier alpha value is -4.90. The summed E-state index contributed by atoms with van der Waals surface area (Å²) in [6.45, 7) is 5.53. The van der Waals surface area contributed by atoms with Gasteiger partial charge >= 0.3 is 0 Å². The number of aromatic nitrogens is 3. The van der Waals surface area contributed by atoms with Crippen molar-refractivity contribution in [2.24, 2.45) is 0 Å². The maximum Gasteiger partial charge on any atom is 0.271 e. The third-order valence-corrected chi connectivity index (χ3v) is 6.06. The zero-order valence-corrected chi connectivity index (χ0v) is 21.0. The summed E-state index contributed by atoms with van der Waals surface area (Å²) in [5.74, 6) is -0.590. The van der Waals surface area contributed by atoms with Crippen LogP contribution in [0, 0.1) is 18.3 Å². The van der Waals surface area contributed by atoms with E-state index in [4.69, 9.17) is 0 Å². The lowest BCUT2D eigenvalue weighted by Gasteiger charge is -2.15. The summed E-state index contributed by atoms with van der Waals surface area (Å²) >= 11 is 0. The van der Waals surface area contributed by atoms with Gasteiger partial charge in [-0.25, -0.2) is 0 Å². The van der Waals surface area contributed by atoms with Crippen molar-refractivity contribution in [3.05, 3.63) is 95.6 Å². The number of hydrogen-bond acceptors (Lipinski definition) is 6. The van der Waals surface area contributed by atoms with Crippen molar-refractivity contribution in [3.63, 3.8) is 0 Å². The topological polar surface area (TPSA) is 121 Å². The second-order valence-electron chi connectivity index (χ2n) is 9.14. The zero-order chi connectivity index (χ0) is 26.6. The molecule has 2 heterocycles. The van der Waals surface area contributed by atoms with Gasteiger partial charge in [0.2, 0.25) is 0 Å². The summed E-state index contributed by atoms with van der Waals surface area (Å²) in [4.78, 5) is 29.2. The lowest BCUT2D eigenvalue weighted by Crippen LogP contribution is -2.19. The number of amides is 2. The summed E-state index contributed by atoms with van der Waals surface area (Å²) in [6, 6.07) is 20.8. The van der Waals surface area contributed by atoms with Gasteiger partial charge in [-0.05, 0) is 79.4 Å². The zero-order valence-electron chi connectivity index (χ0n) is 21.0. The average Bonchev–Trinajstić information content (AvgIpc) is 2.93. The number of aryl methyl sites for hydroxylation is 1. The number of carbonyl (C=O) groups is 2. The van der Waals surface area contributed by atoms with E-state index in [1.54, 1.807) is 51.5 Å². The molecule has 8 heteroatoms. The lowest BCUT2D eigenvalue weighted by molar-refractivity contribution is 0.0956. The fourth-order valence-electron chi connectivity index (χ4n) is 3.81. The molecule has 0 aliphatic carbocycles. The van der Waals surface area contributed by atoms with Crippen molar-refractivity contribution in [3.8, 4) is 28.3 Å². The van der Waals surface area contributed by atoms with E-state index in [0.717, 1.165) is 27.8 Å². The second-order valence-corrected chi connectivity index (χ2v) is 9.14. The number of benzene rings is 2. The van der Waals surface area contributed by atoms with Gasteiger partial charge in [-0.3, -0.25) is 14.6 Å². The van der Waals surface area contributed by atoms with Crippen LogP contribution in [0.1, 0.15) is 46.0 Å². The van der Waals surface area contributed by atoms with Crippen molar-refractivity contribution in [2.45, 2.75) is 26.2 Å². The summed E-state index contributed by atoms with van der Waals surface area (Å²) in [6.07, 6.45) is 3.16. The molecule has 2 aromatic heterocycles. The molecule has 0 unspecified atom stereocenters. The number of pyridine rings is 1. The van der Waals surface area contributed by atoms with Crippen molar-refractivity contribution < 1.29 is 9.59 Å². The molecule has 0 atom stereocenters. The number of nitrogens with one attached hydrogen (secondary N) is 2. The Labute approximate surface area is 215 Å². The van der Waals surface area contributed by atoms with Crippen LogP contribution in [-0.2, 0) is 5.41 Å². The molecule has 37 heavy (non-hydrogen) atoms. The number of nitriles is 1. The normalized spacial score (nSPS) is 10.9. The molecular formula is C29H26N6O2. The van der Waals surface area contributed by atoms with Crippen LogP contribution in [0.5, 0.6) is 0 Å². The van der Waals surface area contributed by atoms with Crippen LogP contribution in [0.4, 0.5) is 5.69 Å². The minimum absolute atomic E-state index is 0.240. The summed E-state index contributed by atoms with van der Waals surface area (Å²) < 4.78 is 0. The van der Waals surface area contributed by atoms with Gasteiger partial charge in [0.15, 0.2) is 5.69 Å². The van der Waals surface area contributed by atoms with Crippen LogP contribution < -0.4 is 10.6 Å². The van der Waals surface area contributed by atoms with E-state index < -0.39 is 5.41 Å². The molecule has 184 valence electrons. The van der Waals surface area contributed by atoms with E-state index in [1.165, 1.54) is 0 Å². The van der Waals surface area contributed by atoms with E-state index in [0.29, 0.717) is 16.9 Å². The van der Waals surface area contributed by atoms with E-state index >= 15 is 0 Å². The monoisotopic (exact) mass is 490 g/mol. The maximum absolute atomic E-state index is 13.0. The van der Waals surface area contributed by atoms with E-state index in [-0.39, 0.29) is 17.5 Å². The molecule has 0 saturated heterocycles. The van der Waals surface area contributed by atoms with Gasteiger partial charge in [-0.2, -0.15) is 10.4 Å². The molecule has 0 aliphatic heterocycles. The number of hydrogen-bond donors (Lipinski definition) is 2. The summed E-state index contributed by atoms with van der Waals surface area (Å²) in [5.41, 5.74) is 5.64. The van der Waals surface area contributed by atoms with Crippen LogP contribution in [0.2, 0.25) is 0 Å². The van der Waals surface area contributed by atoms with Crippen LogP contribution in [-0.4, -0.2) is 34.0 Å². The van der Waals surface area contributed by atoms with Gasteiger partial charge in [-0.15, -0.1) is 5.10 Å². The molecular weight excluding hydrogens is 464 g/mol. The SMILES string of the molecule is CNC(=O)c1cc(-c2cccc(-c3cc(NC(=O)c4ccnc(C(C)(C)C#N)c4)ccc3C)c2)cnn1. The molecule has 2 amide bonds. The minimum atomic E-state index is -0.802. The molecule has 4 aromatic rings. The maximum atomic E-state index is 13.0. The molecule has 0 spiro atoms. The molecule has 2 N–H and O–H groups in total. The quantitative estimate of drug-likeness (QED) is 0.395. The molecule has 4 rings (SSSR count). The van der Waals surface area contributed by atoms with Crippen LogP contribution in [0.25, 0.3) is 22.3 Å². The highest BCUT2D eigenvalue weighted by Gasteiger charge is 2.22. The summed E-state index contributed by atoms with van der Waals surface area (Å²) in [7, 11) is 1.55. The smallest absolute Gasteiger partial charge is 0.271 e. The van der Waals surface area contributed by atoms with Crippen LogP contribution in [0.3, 0.4) is 0 Å². The Kier molecular flexibility index (Phi) is 7.07. The molecule has 2 aromatic carbocycles. The van der Waals surface area contributed by atoms with E-state index in [2.05, 4.69) is 31.9 Å². The van der Waals surface area contributed by atoms with Crippen LogP contribution >= 0.6 is 0 Å². The third-order valence-electron chi connectivity index (χ3n) is 6.06. The first-order valence-electron chi connectivity index (χ1n) is 11.7. The Balaban J connectivity index is 1.63. The van der Waals surface area contributed by atoms with Gasteiger partial charge in [0.05, 0.1) is 23.4 Å². The number of nitrogens with zero attached hydrogens (tertiary/aromatic N) is 4. The summed E-state index contributed by atoms with van der Waals surface area (Å²) in [5, 5.41) is 22.8. The Morgan fingerprint density at radius 2 is 1.73 bits per heavy atom. The van der Waals surface area contributed by atoms with Gasteiger partial charge in [0.25, 0.3) is 11.8 Å². The van der Waals surface area contributed by atoms with Crippen molar-refractivity contribution in [2.75, 3.05) is 12.4 Å². The Morgan fingerprint density at radius 3 is 2.49 bits per heavy atom. The standard InChI is InChI=1S/C29H26N6O2/c1-18-8-9-23(34-27(36)21-10-11-32-26(14-21)29(2,3)17-30)15-24(18)20-7-5-6-19(12-20)22-13-25(28(37)31-4)35-33-16-22/h5-16H,1-4H3,(H,31,37)(H,34,36). The predicted octanol–water partition coefficient (Wildman–Crippen LogP) is 4.93. The van der Waals surface area contributed by atoms with Gasteiger partial charge < -0.3 is 10.6 Å². The Morgan fingerprint density at radius 1 is 0.946 bits per heavy atom. The third kappa shape index (κ3) is 5.52. The van der Waals surface area contributed by atoms with Gasteiger partial charge in [0.1, 0.15) is 0 Å². The fraction of sp³-hybridized carbons (Fsp3) is 0.172. The largest absolute Gasteiger partial charge is 0.354 e. The molecule has 0 bridgehead atoms. The van der Waals surface area contributed by atoms with E-state index in [9.17, 15) is 14.9 Å². The lowest BCUT2D eigenvalue weighted by atomic mass is 9.90. The first-order valence-corrected chi connectivity index (χ1v) is 11.7. The minimum Gasteiger partial charge on any atom is -0.354 e. The molecule has 0 fully saturated rings. The van der Waals surface area contributed by atoms with Crippen molar-refractivity contribution in [1.29, 1.82) is 5.26 Å². The van der Waals surface area contributed by atoms with E-state index in [1.807, 2.05) is 49.4 Å². The highest BCUT2D eigenvalue weighted by atomic mass is 16.2. The van der Waals surface area contributed by atoms with Crippen molar-refractivity contribution in [1.82, 2.24) is 20.5 Å². The number of rotatable bonds is 6. The molecule has 0 saturated carbocycles. The van der Waals surface area contributed by atoms with Gasteiger partial charge in [-0.1, -0.05) is 24.3 Å². The Bertz CT molecular complexity index is 1540. The van der Waals surface area contributed by atoms with Crippen molar-refractivity contribution >= 4 is 17.5 Å². The fourth-order valence-corrected chi connectivity index (χ4v) is 3.81. The van der Waals surface area contributed by atoms with Crippen LogP contribution in [0.15, 0.2) is 73.1 Å². The first kappa shape index (κ1) is 25.2. The number of anilines is 1. The average molecular weight is 491 g/mol. The molecule has 0 aliphatic rings. The number of carbonyl (C=O) groups excluding carboxylic acids is 2. The highest BCUT2D eigenvalue weighted by molar-refractivity contribution is 6.04. The highest BCUT2D eigenvalue weighted by Crippen LogP contribution is 2.30. The molecule has 0 radical (unpaired) electrons.